The van der Waals surface area contributed by atoms with Crippen LogP contribution >= 0.6 is 0 Å². The Morgan fingerprint density at radius 2 is 1.71 bits per heavy atom. The first-order chi connectivity index (χ1) is 13.1. The van der Waals surface area contributed by atoms with Gasteiger partial charge >= 0.3 is 12.1 Å². The summed E-state index contributed by atoms with van der Waals surface area (Å²) in [5.74, 6) is -0.172. The molecule has 1 spiro atoms. The average molecular weight is 389 g/mol. The van der Waals surface area contributed by atoms with Crippen molar-refractivity contribution in [2.24, 2.45) is 10.8 Å². The minimum absolute atomic E-state index is 0.172. The molecule has 1 atom stereocenters. The molecule has 2 aliphatic rings. The van der Waals surface area contributed by atoms with Crippen molar-refractivity contribution in [3.8, 4) is 0 Å². The van der Waals surface area contributed by atoms with Gasteiger partial charge < -0.3 is 14.4 Å². The van der Waals surface area contributed by atoms with E-state index in [1.807, 2.05) is 52.8 Å². The monoisotopic (exact) mass is 388 g/mol. The van der Waals surface area contributed by atoms with Crippen molar-refractivity contribution in [3.63, 3.8) is 0 Å². The number of benzene rings is 1. The largest absolute Gasteiger partial charge is 0.466 e. The number of carbonyl (C=O) groups excluding carboxylic acids is 2. The van der Waals surface area contributed by atoms with Crippen LogP contribution in [0.1, 0.15) is 40.2 Å². The first kappa shape index (κ1) is 20.6. The van der Waals surface area contributed by atoms with Gasteiger partial charge in [-0.1, -0.05) is 30.3 Å². The van der Waals surface area contributed by atoms with E-state index in [0.29, 0.717) is 26.2 Å². The van der Waals surface area contributed by atoms with Gasteiger partial charge in [-0.25, -0.2) is 4.79 Å². The molecular formula is C22H32N2O4. The third-order valence-corrected chi connectivity index (χ3v) is 5.85. The zero-order valence-corrected chi connectivity index (χ0v) is 17.7. The van der Waals surface area contributed by atoms with Gasteiger partial charge in [-0.05, 0) is 40.2 Å². The number of amides is 1. The van der Waals surface area contributed by atoms with Crippen LogP contribution in [0.3, 0.4) is 0 Å². The molecule has 0 aromatic heterocycles. The summed E-state index contributed by atoms with van der Waals surface area (Å²) in [7, 11) is 0. The molecule has 2 aliphatic heterocycles. The molecule has 1 aromatic rings. The maximum absolute atomic E-state index is 12.9. The number of hydrogen-bond acceptors (Lipinski definition) is 5. The summed E-state index contributed by atoms with van der Waals surface area (Å²) in [6, 6.07) is 10.3. The maximum atomic E-state index is 12.9. The summed E-state index contributed by atoms with van der Waals surface area (Å²) in [5, 5.41) is 0. The molecule has 0 saturated carbocycles. The first-order valence-corrected chi connectivity index (χ1v) is 10.00. The predicted molar refractivity (Wildman–Crippen MR) is 107 cm³/mol. The van der Waals surface area contributed by atoms with Crippen molar-refractivity contribution in [1.29, 1.82) is 0 Å². The number of esters is 1. The smallest absolute Gasteiger partial charge is 0.410 e. The Morgan fingerprint density at radius 3 is 2.29 bits per heavy atom. The van der Waals surface area contributed by atoms with E-state index in [2.05, 4.69) is 17.0 Å². The van der Waals surface area contributed by atoms with Crippen molar-refractivity contribution in [2.45, 2.75) is 46.8 Å². The fraction of sp³-hybridized carbons (Fsp3) is 0.636. The van der Waals surface area contributed by atoms with Gasteiger partial charge in [0, 0.05) is 38.1 Å². The van der Waals surface area contributed by atoms with Gasteiger partial charge in [-0.3, -0.25) is 9.69 Å². The van der Waals surface area contributed by atoms with Crippen molar-refractivity contribution in [1.82, 2.24) is 9.80 Å². The van der Waals surface area contributed by atoms with Gasteiger partial charge in [-0.2, -0.15) is 0 Å². The molecule has 6 nitrogen and oxygen atoms in total. The summed E-state index contributed by atoms with van der Waals surface area (Å²) < 4.78 is 10.9. The lowest BCUT2D eigenvalue weighted by molar-refractivity contribution is -0.167. The normalized spacial score (nSPS) is 24.1. The number of carbonyl (C=O) groups is 2. The molecule has 154 valence electrons. The van der Waals surface area contributed by atoms with Crippen LogP contribution in [0.4, 0.5) is 4.79 Å². The van der Waals surface area contributed by atoms with E-state index in [1.54, 1.807) is 4.90 Å². The molecule has 2 saturated heterocycles. The molecule has 0 aliphatic carbocycles. The lowest BCUT2D eigenvalue weighted by Crippen LogP contribution is -2.67. The highest BCUT2D eigenvalue weighted by Gasteiger charge is 2.66. The molecule has 2 fully saturated rings. The van der Waals surface area contributed by atoms with Gasteiger partial charge in [0.05, 0.1) is 12.0 Å². The highest BCUT2D eigenvalue weighted by atomic mass is 16.6. The second-order valence-corrected chi connectivity index (χ2v) is 9.30. The topological polar surface area (TPSA) is 59.1 Å². The van der Waals surface area contributed by atoms with E-state index in [4.69, 9.17) is 9.47 Å². The summed E-state index contributed by atoms with van der Waals surface area (Å²) >= 11 is 0. The zero-order chi connectivity index (χ0) is 20.6. The number of hydrogen-bond donors (Lipinski definition) is 0. The second-order valence-electron chi connectivity index (χ2n) is 9.30. The summed E-state index contributed by atoms with van der Waals surface area (Å²) in [4.78, 5) is 29.3. The van der Waals surface area contributed by atoms with Crippen LogP contribution in [-0.4, -0.2) is 60.2 Å². The third-order valence-electron chi connectivity index (χ3n) is 5.85. The molecule has 0 N–H and O–H groups in total. The number of rotatable bonds is 4. The van der Waals surface area contributed by atoms with E-state index < -0.39 is 11.0 Å². The maximum Gasteiger partial charge on any atom is 0.410 e. The van der Waals surface area contributed by atoms with Crippen LogP contribution in [0.5, 0.6) is 0 Å². The molecular weight excluding hydrogens is 356 g/mol. The molecule has 1 aromatic carbocycles. The van der Waals surface area contributed by atoms with Crippen molar-refractivity contribution < 1.29 is 19.1 Å². The Labute approximate surface area is 167 Å². The molecule has 1 unspecified atom stereocenters. The molecule has 3 rings (SSSR count). The lowest BCUT2D eigenvalue weighted by atomic mass is 9.62. The van der Waals surface area contributed by atoms with Gasteiger partial charge in [0.1, 0.15) is 5.60 Å². The van der Waals surface area contributed by atoms with Gasteiger partial charge in [0.15, 0.2) is 0 Å². The van der Waals surface area contributed by atoms with Crippen LogP contribution < -0.4 is 0 Å². The quantitative estimate of drug-likeness (QED) is 0.741. The van der Waals surface area contributed by atoms with Crippen LogP contribution in [0.15, 0.2) is 30.3 Å². The zero-order valence-electron chi connectivity index (χ0n) is 17.7. The summed E-state index contributed by atoms with van der Waals surface area (Å²) in [5.41, 5.74) is -0.255. The van der Waals surface area contributed by atoms with Crippen LogP contribution in [-0.2, 0) is 20.8 Å². The lowest BCUT2D eigenvalue weighted by Gasteiger charge is -2.53. The number of nitrogens with zero attached hydrogens (tertiary/aromatic N) is 2. The Kier molecular flexibility index (Phi) is 5.45. The predicted octanol–water partition coefficient (Wildman–Crippen LogP) is 3.31. The number of ether oxygens (including phenoxy) is 2. The van der Waals surface area contributed by atoms with E-state index in [1.165, 1.54) is 5.56 Å². The van der Waals surface area contributed by atoms with Crippen LogP contribution in [0.2, 0.25) is 0 Å². The van der Waals surface area contributed by atoms with Gasteiger partial charge in [0.25, 0.3) is 0 Å². The highest BCUT2D eigenvalue weighted by Crippen LogP contribution is 2.53. The molecule has 28 heavy (non-hydrogen) atoms. The second kappa shape index (κ2) is 7.39. The average Bonchev–Trinajstić information content (AvgIpc) is 2.86. The molecule has 0 bridgehead atoms. The minimum Gasteiger partial charge on any atom is -0.466 e. The van der Waals surface area contributed by atoms with Crippen LogP contribution in [0, 0.1) is 10.8 Å². The number of likely N-dealkylation sites (tertiary alicyclic amines) is 2. The fourth-order valence-electron chi connectivity index (χ4n) is 4.39. The highest BCUT2D eigenvalue weighted by molar-refractivity contribution is 5.80. The van der Waals surface area contributed by atoms with Crippen LogP contribution in [0.25, 0.3) is 0 Å². The SMILES string of the molecule is CCOC(=O)C1(C)CN(Cc2ccccc2)CC12CN(C(=O)OC(C)(C)C)C2. The fourth-order valence-corrected chi connectivity index (χ4v) is 4.39. The van der Waals surface area contributed by atoms with Crippen molar-refractivity contribution in [2.75, 3.05) is 32.8 Å². The Balaban J connectivity index is 1.76. The van der Waals surface area contributed by atoms with Crippen molar-refractivity contribution >= 4 is 12.1 Å². The Hall–Kier alpha value is -2.08. The molecule has 0 radical (unpaired) electrons. The molecule has 1 amide bonds. The van der Waals surface area contributed by atoms with E-state index in [-0.39, 0.29) is 17.5 Å². The standard InChI is InChI=1S/C22H32N2O4/c1-6-27-18(25)21(5)13-23(12-17-10-8-7-9-11-17)14-22(21)15-24(16-22)19(26)28-20(2,3)4/h7-11H,6,12-16H2,1-5H3. The summed E-state index contributed by atoms with van der Waals surface area (Å²) in [6.45, 7) is 13.0. The molecule has 6 heteroatoms. The Morgan fingerprint density at radius 1 is 1.07 bits per heavy atom. The summed E-state index contributed by atoms with van der Waals surface area (Å²) in [6.07, 6.45) is -0.314. The van der Waals surface area contributed by atoms with Gasteiger partial charge in [0.2, 0.25) is 0 Å². The first-order valence-electron chi connectivity index (χ1n) is 10.00. The van der Waals surface area contributed by atoms with Gasteiger partial charge in [-0.15, -0.1) is 0 Å². The Bertz CT molecular complexity index is 722. The minimum atomic E-state index is -0.643. The van der Waals surface area contributed by atoms with E-state index in [0.717, 1.165) is 13.1 Å². The van der Waals surface area contributed by atoms with Crippen molar-refractivity contribution in [3.05, 3.63) is 35.9 Å². The van der Waals surface area contributed by atoms with E-state index in [9.17, 15) is 9.59 Å². The molecule has 2 heterocycles. The third kappa shape index (κ3) is 3.88. The van der Waals surface area contributed by atoms with E-state index >= 15 is 0 Å².